The van der Waals surface area contributed by atoms with E-state index in [9.17, 15) is 4.79 Å². The molecule has 0 heterocycles. The number of rotatable bonds is 3. The molecule has 0 aromatic heterocycles. The maximum atomic E-state index is 10.8. The zero-order valence-corrected chi connectivity index (χ0v) is 10.5. The van der Waals surface area contributed by atoms with Crippen molar-refractivity contribution in [1.82, 2.24) is 0 Å². The zero-order chi connectivity index (χ0) is 12.3. The van der Waals surface area contributed by atoms with Gasteiger partial charge in [0.05, 0.1) is 17.3 Å². The van der Waals surface area contributed by atoms with Gasteiger partial charge in [-0.3, -0.25) is 0 Å². The third-order valence-corrected chi connectivity index (χ3v) is 3.03. The minimum absolute atomic E-state index is 0.534. The second-order valence-corrected chi connectivity index (χ2v) is 4.26. The van der Waals surface area contributed by atoms with E-state index < -0.39 is 12.0 Å². The Morgan fingerprint density at radius 2 is 2.25 bits per heavy atom. The molecule has 1 aromatic carbocycles. The predicted molar refractivity (Wildman–Crippen MR) is 64.4 cm³/mol. The van der Waals surface area contributed by atoms with Crippen LogP contribution in [-0.2, 0) is 4.79 Å². The molecule has 0 amide bonds. The second kappa shape index (κ2) is 4.99. The molecule has 0 aliphatic heterocycles. The first-order chi connectivity index (χ1) is 7.47. The van der Waals surface area contributed by atoms with Crippen LogP contribution in [0.25, 0.3) is 0 Å². The first-order valence-electron chi connectivity index (χ1n) is 4.62. The molecule has 0 spiro atoms. The topological polar surface area (TPSA) is 64.3 Å². The average Bonchev–Trinajstić information content (AvgIpc) is 2.26. The van der Waals surface area contributed by atoms with Gasteiger partial charge in [-0.15, -0.1) is 0 Å². The van der Waals surface area contributed by atoms with Gasteiger partial charge in [-0.05, 0) is 41.1 Å². The Balaban J connectivity index is 3.06. The second-order valence-electron chi connectivity index (χ2n) is 3.40. The molecule has 5 heteroatoms. The summed E-state index contributed by atoms with van der Waals surface area (Å²) in [5.41, 5.74) is 1.28. The molecule has 0 saturated carbocycles. The Hall–Kier alpha value is -1.54. The van der Waals surface area contributed by atoms with E-state index in [1.807, 2.05) is 6.07 Å². The van der Waals surface area contributed by atoms with Gasteiger partial charge in [0.15, 0.2) is 0 Å². The lowest BCUT2D eigenvalue weighted by molar-refractivity contribution is -0.138. The lowest BCUT2D eigenvalue weighted by Crippen LogP contribution is -2.35. The summed E-state index contributed by atoms with van der Waals surface area (Å²) in [7, 11) is 1.70. The molecule has 1 atom stereocenters. The molecule has 1 unspecified atom stereocenters. The molecule has 84 valence electrons. The van der Waals surface area contributed by atoms with Gasteiger partial charge in [0.25, 0.3) is 0 Å². The summed E-state index contributed by atoms with van der Waals surface area (Å²) in [4.78, 5) is 12.5. The largest absolute Gasteiger partial charge is 0.480 e. The van der Waals surface area contributed by atoms with E-state index in [0.29, 0.717) is 10.0 Å². The quantitative estimate of drug-likeness (QED) is 0.923. The Labute approximate surface area is 102 Å². The molecule has 1 N–H and O–H groups in total. The molecule has 0 aliphatic rings. The summed E-state index contributed by atoms with van der Waals surface area (Å²) >= 11 is 3.32. The Morgan fingerprint density at radius 3 is 2.69 bits per heavy atom. The fraction of sp³-hybridized carbons (Fsp3) is 0.273. The molecule has 0 aliphatic carbocycles. The van der Waals surface area contributed by atoms with Gasteiger partial charge < -0.3 is 10.0 Å². The van der Waals surface area contributed by atoms with Gasteiger partial charge in [0.2, 0.25) is 0 Å². The minimum Gasteiger partial charge on any atom is -0.480 e. The van der Waals surface area contributed by atoms with Gasteiger partial charge in [0.1, 0.15) is 6.04 Å². The first kappa shape index (κ1) is 12.5. The Kier molecular flexibility index (Phi) is 3.91. The molecule has 1 rings (SSSR count). The maximum absolute atomic E-state index is 10.8. The number of anilines is 1. The number of carboxylic acids is 1. The fourth-order valence-electron chi connectivity index (χ4n) is 1.24. The first-order valence-corrected chi connectivity index (χ1v) is 5.42. The van der Waals surface area contributed by atoms with Crippen LogP contribution in [0.4, 0.5) is 5.69 Å². The summed E-state index contributed by atoms with van der Waals surface area (Å²) in [5.74, 6) is -0.890. The number of hydrogen-bond acceptors (Lipinski definition) is 3. The van der Waals surface area contributed by atoms with E-state index in [0.717, 1.165) is 5.69 Å². The highest BCUT2D eigenvalue weighted by molar-refractivity contribution is 9.10. The number of halogens is 1. The van der Waals surface area contributed by atoms with Crippen LogP contribution in [0.2, 0.25) is 0 Å². The molecular weight excluding hydrogens is 272 g/mol. The number of hydrogen-bond donors (Lipinski definition) is 1. The molecular formula is C11H11BrN2O2. The van der Waals surface area contributed by atoms with Gasteiger partial charge in [0, 0.05) is 11.5 Å². The monoisotopic (exact) mass is 282 g/mol. The SMILES string of the molecule is CC(C(=O)O)N(C)c1ccc(C#N)cc1Br. The standard InChI is InChI=1S/C11H11BrN2O2/c1-7(11(15)16)14(2)10-4-3-8(6-13)5-9(10)12/h3-5,7H,1-2H3,(H,15,16). The van der Waals surface area contributed by atoms with Gasteiger partial charge in [-0.2, -0.15) is 5.26 Å². The van der Waals surface area contributed by atoms with Crippen LogP contribution in [0.1, 0.15) is 12.5 Å². The van der Waals surface area contributed by atoms with Crippen molar-refractivity contribution in [3.63, 3.8) is 0 Å². The van der Waals surface area contributed by atoms with E-state index in [1.54, 1.807) is 37.1 Å². The van der Waals surface area contributed by atoms with Crippen molar-refractivity contribution in [3.05, 3.63) is 28.2 Å². The van der Waals surface area contributed by atoms with Gasteiger partial charge >= 0.3 is 5.97 Å². The van der Waals surface area contributed by atoms with Crippen molar-refractivity contribution in [2.24, 2.45) is 0 Å². The minimum atomic E-state index is -0.890. The van der Waals surface area contributed by atoms with E-state index >= 15 is 0 Å². The Morgan fingerprint density at radius 1 is 1.62 bits per heavy atom. The fourth-order valence-corrected chi connectivity index (χ4v) is 1.90. The van der Waals surface area contributed by atoms with Crippen LogP contribution in [0.3, 0.4) is 0 Å². The van der Waals surface area contributed by atoms with Crippen molar-refractivity contribution in [2.45, 2.75) is 13.0 Å². The molecule has 0 bridgehead atoms. The van der Waals surface area contributed by atoms with E-state index in [4.69, 9.17) is 10.4 Å². The number of carbonyl (C=O) groups is 1. The van der Waals surface area contributed by atoms with Crippen LogP contribution >= 0.6 is 15.9 Å². The number of nitrogens with zero attached hydrogens (tertiary/aromatic N) is 2. The summed E-state index contributed by atoms with van der Waals surface area (Å²) in [6.07, 6.45) is 0. The highest BCUT2D eigenvalue weighted by Crippen LogP contribution is 2.27. The molecule has 0 saturated heterocycles. The molecule has 0 fully saturated rings. The summed E-state index contributed by atoms with van der Waals surface area (Å²) in [5, 5.41) is 17.6. The van der Waals surface area contributed by atoms with E-state index in [-0.39, 0.29) is 0 Å². The van der Waals surface area contributed by atoms with Crippen LogP contribution in [0.5, 0.6) is 0 Å². The summed E-state index contributed by atoms with van der Waals surface area (Å²) in [6.45, 7) is 1.60. The van der Waals surface area contributed by atoms with Crippen molar-refractivity contribution < 1.29 is 9.90 Å². The maximum Gasteiger partial charge on any atom is 0.326 e. The number of likely N-dealkylation sites (N-methyl/N-ethyl adjacent to an activating group) is 1. The third kappa shape index (κ3) is 2.52. The van der Waals surface area contributed by atoms with E-state index in [1.165, 1.54) is 0 Å². The van der Waals surface area contributed by atoms with E-state index in [2.05, 4.69) is 15.9 Å². The highest BCUT2D eigenvalue weighted by atomic mass is 79.9. The van der Waals surface area contributed by atoms with Crippen molar-refractivity contribution in [3.8, 4) is 6.07 Å². The van der Waals surface area contributed by atoms with Crippen LogP contribution in [0, 0.1) is 11.3 Å². The van der Waals surface area contributed by atoms with Gasteiger partial charge in [-0.25, -0.2) is 4.79 Å². The summed E-state index contributed by atoms with van der Waals surface area (Å²) in [6, 6.07) is 6.45. The Bertz CT molecular complexity index is 454. The molecule has 0 radical (unpaired) electrons. The normalized spacial score (nSPS) is 11.6. The lowest BCUT2D eigenvalue weighted by Gasteiger charge is -2.24. The number of nitriles is 1. The van der Waals surface area contributed by atoms with Crippen LogP contribution in [0.15, 0.2) is 22.7 Å². The number of carboxylic acid groups (broad SMARTS) is 1. The summed E-state index contributed by atoms with van der Waals surface area (Å²) < 4.78 is 0.710. The van der Waals surface area contributed by atoms with Crippen molar-refractivity contribution >= 4 is 27.6 Å². The van der Waals surface area contributed by atoms with Crippen LogP contribution < -0.4 is 4.90 Å². The molecule has 4 nitrogen and oxygen atoms in total. The van der Waals surface area contributed by atoms with Crippen molar-refractivity contribution in [1.29, 1.82) is 5.26 Å². The molecule has 1 aromatic rings. The van der Waals surface area contributed by atoms with Crippen molar-refractivity contribution in [2.75, 3.05) is 11.9 Å². The zero-order valence-electron chi connectivity index (χ0n) is 8.94. The lowest BCUT2D eigenvalue weighted by atomic mass is 10.2. The average molecular weight is 283 g/mol. The number of benzene rings is 1. The van der Waals surface area contributed by atoms with Gasteiger partial charge in [-0.1, -0.05) is 0 Å². The number of aliphatic carboxylic acids is 1. The smallest absolute Gasteiger partial charge is 0.326 e. The highest BCUT2D eigenvalue weighted by Gasteiger charge is 2.18. The molecule has 16 heavy (non-hydrogen) atoms. The third-order valence-electron chi connectivity index (χ3n) is 2.40. The predicted octanol–water partition coefficient (Wildman–Crippen LogP) is 2.23. The van der Waals surface area contributed by atoms with Crippen LogP contribution in [-0.4, -0.2) is 24.2 Å².